The van der Waals surface area contributed by atoms with Crippen LogP contribution in [0.4, 0.5) is 4.79 Å². The van der Waals surface area contributed by atoms with Gasteiger partial charge in [-0.1, -0.05) is 5.92 Å². The van der Waals surface area contributed by atoms with Crippen LogP contribution >= 0.6 is 22.6 Å². The van der Waals surface area contributed by atoms with Crippen molar-refractivity contribution < 1.29 is 14.3 Å². The van der Waals surface area contributed by atoms with Crippen LogP contribution in [0.2, 0.25) is 0 Å². The minimum atomic E-state index is -0.559. The monoisotopic (exact) mass is 392 g/mol. The average molecular weight is 392 g/mol. The van der Waals surface area contributed by atoms with Crippen LogP contribution < -0.4 is 5.32 Å². The van der Waals surface area contributed by atoms with E-state index >= 15 is 0 Å². The molecule has 0 aromatic heterocycles. The number of likely N-dealkylation sites (tertiary alicyclic amines) is 1. The zero-order valence-electron chi connectivity index (χ0n) is 12.2. The number of carbonyl (C=O) groups excluding carboxylic acids is 2. The summed E-state index contributed by atoms with van der Waals surface area (Å²) in [5, 5.41) is 2.49. The summed E-state index contributed by atoms with van der Waals surface area (Å²) in [4.78, 5) is 25.2. The van der Waals surface area contributed by atoms with Crippen molar-refractivity contribution in [1.29, 1.82) is 0 Å². The van der Waals surface area contributed by atoms with Crippen LogP contribution in [0.3, 0.4) is 0 Å². The second kappa shape index (κ2) is 7.72. The maximum atomic E-state index is 12.0. The third-order valence-electron chi connectivity index (χ3n) is 2.89. The second-order valence-corrected chi connectivity index (χ2v) is 6.29. The van der Waals surface area contributed by atoms with E-state index in [1.807, 2.05) is 22.6 Å². The summed E-state index contributed by atoms with van der Waals surface area (Å²) in [5.41, 5.74) is -0.552. The third-order valence-corrected chi connectivity index (χ3v) is 3.20. The first kappa shape index (κ1) is 17.1. The molecule has 0 saturated carbocycles. The number of ether oxygens (including phenoxy) is 1. The quantitative estimate of drug-likeness (QED) is 0.579. The maximum absolute atomic E-state index is 12.0. The van der Waals surface area contributed by atoms with Crippen molar-refractivity contribution in [2.24, 2.45) is 5.92 Å². The topological polar surface area (TPSA) is 58.6 Å². The molecule has 20 heavy (non-hydrogen) atoms. The van der Waals surface area contributed by atoms with Gasteiger partial charge >= 0.3 is 6.09 Å². The van der Waals surface area contributed by atoms with E-state index in [1.54, 1.807) is 25.7 Å². The van der Waals surface area contributed by atoms with Gasteiger partial charge in [-0.2, -0.15) is 0 Å². The predicted octanol–water partition coefficient (Wildman–Crippen LogP) is 2.15. The molecule has 1 heterocycles. The number of hydrogen-bond acceptors (Lipinski definition) is 3. The Labute approximate surface area is 133 Å². The summed E-state index contributed by atoms with van der Waals surface area (Å²) in [7, 11) is 0. The number of nitrogens with zero attached hydrogens (tertiary/aromatic N) is 1. The molecule has 112 valence electrons. The molecule has 0 spiro atoms. The first-order chi connectivity index (χ1) is 9.31. The number of hydrogen-bond donors (Lipinski definition) is 1. The summed E-state index contributed by atoms with van der Waals surface area (Å²) in [5.74, 6) is 3.44. The van der Waals surface area contributed by atoms with Gasteiger partial charge in [-0.05, 0) is 37.5 Å². The van der Waals surface area contributed by atoms with E-state index in [0.717, 1.165) is 12.8 Å². The average Bonchev–Trinajstić information content (AvgIpc) is 2.35. The normalized spacial score (nSPS) is 16.1. The van der Waals surface area contributed by atoms with Gasteiger partial charge in [0.25, 0.3) is 0 Å². The maximum Gasteiger partial charge on any atom is 0.408 e. The van der Waals surface area contributed by atoms with Crippen LogP contribution in [0.1, 0.15) is 33.6 Å². The minimum absolute atomic E-state index is 0.0163. The number of rotatable bonds is 2. The molecule has 1 fully saturated rings. The molecule has 0 aliphatic carbocycles. The number of nitrogens with one attached hydrogen (secondary N) is 1. The molecule has 5 nitrogen and oxygen atoms in total. The van der Waals surface area contributed by atoms with Crippen LogP contribution in [0.15, 0.2) is 0 Å². The molecule has 1 saturated heterocycles. The summed E-state index contributed by atoms with van der Waals surface area (Å²) < 4.78 is 7.97. The number of amides is 2. The summed E-state index contributed by atoms with van der Waals surface area (Å²) in [6.07, 6.45) is 1.24. The highest BCUT2D eigenvalue weighted by Crippen LogP contribution is 2.16. The molecule has 0 aromatic carbocycles. The van der Waals surface area contributed by atoms with E-state index < -0.39 is 11.7 Å². The first-order valence-electron chi connectivity index (χ1n) is 6.67. The van der Waals surface area contributed by atoms with Crippen LogP contribution in [-0.2, 0) is 9.53 Å². The second-order valence-electron chi connectivity index (χ2n) is 5.75. The summed E-state index contributed by atoms with van der Waals surface area (Å²) in [6.45, 7) is 6.74. The van der Waals surface area contributed by atoms with Gasteiger partial charge < -0.3 is 15.0 Å². The fourth-order valence-corrected chi connectivity index (χ4v) is 2.36. The SMILES string of the molecule is CC(C)(C)OC(=O)NCC(=O)N1CCC(C#CI)CC1. The molecule has 0 radical (unpaired) electrons. The molecule has 0 bridgehead atoms. The van der Waals surface area contributed by atoms with Crippen molar-refractivity contribution in [1.82, 2.24) is 10.2 Å². The van der Waals surface area contributed by atoms with Crippen LogP contribution in [-0.4, -0.2) is 42.1 Å². The Bertz CT molecular complexity index is 412. The number of carbonyl (C=O) groups is 2. The lowest BCUT2D eigenvalue weighted by Gasteiger charge is -2.30. The summed E-state index contributed by atoms with van der Waals surface area (Å²) in [6, 6.07) is 0. The Hall–Kier alpha value is -0.970. The van der Waals surface area contributed by atoms with Gasteiger partial charge in [0.15, 0.2) is 0 Å². The lowest BCUT2D eigenvalue weighted by atomic mass is 9.98. The van der Waals surface area contributed by atoms with Gasteiger partial charge in [-0.15, -0.1) is 0 Å². The molecular formula is C14H21IN2O3. The molecule has 1 N–H and O–H groups in total. The molecule has 1 aliphatic rings. The zero-order valence-corrected chi connectivity index (χ0v) is 14.3. The molecule has 0 aromatic rings. The van der Waals surface area contributed by atoms with Crippen molar-refractivity contribution in [3.05, 3.63) is 0 Å². The summed E-state index contributed by atoms with van der Waals surface area (Å²) >= 11 is 2.04. The molecule has 1 rings (SSSR count). The third kappa shape index (κ3) is 6.46. The van der Waals surface area contributed by atoms with Gasteiger partial charge in [0.1, 0.15) is 12.1 Å². The number of halogens is 1. The van der Waals surface area contributed by atoms with Gasteiger partial charge in [0.05, 0.1) is 0 Å². The Kier molecular flexibility index (Phi) is 6.59. The van der Waals surface area contributed by atoms with E-state index in [-0.39, 0.29) is 12.5 Å². The highest BCUT2D eigenvalue weighted by Gasteiger charge is 2.22. The van der Waals surface area contributed by atoms with Crippen molar-refractivity contribution in [3.63, 3.8) is 0 Å². The molecule has 1 aliphatic heterocycles. The lowest BCUT2D eigenvalue weighted by Crippen LogP contribution is -2.44. The predicted molar refractivity (Wildman–Crippen MR) is 85.3 cm³/mol. The molecule has 6 heteroatoms. The van der Waals surface area contributed by atoms with E-state index in [9.17, 15) is 9.59 Å². The van der Waals surface area contributed by atoms with E-state index in [2.05, 4.69) is 15.2 Å². The largest absolute Gasteiger partial charge is 0.444 e. The fraction of sp³-hybridized carbons (Fsp3) is 0.714. The number of piperidine rings is 1. The van der Waals surface area contributed by atoms with Crippen molar-refractivity contribution >= 4 is 34.6 Å². The Morgan fingerprint density at radius 1 is 1.35 bits per heavy atom. The van der Waals surface area contributed by atoms with Gasteiger partial charge in [-0.3, -0.25) is 4.79 Å². The number of alkyl carbamates (subject to hydrolysis) is 1. The van der Waals surface area contributed by atoms with E-state index in [4.69, 9.17) is 4.74 Å². The van der Waals surface area contributed by atoms with E-state index in [1.165, 1.54) is 0 Å². The molecular weight excluding hydrogens is 371 g/mol. The zero-order chi connectivity index (χ0) is 15.2. The minimum Gasteiger partial charge on any atom is -0.444 e. The van der Waals surface area contributed by atoms with Crippen molar-refractivity contribution in [2.45, 2.75) is 39.2 Å². The van der Waals surface area contributed by atoms with Crippen LogP contribution in [0.25, 0.3) is 0 Å². The molecule has 0 atom stereocenters. The van der Waals surface area contributed by atoms with Crippen LogP contribution in [0, 0.1) is 15.8 Å². The van der Waals surface area contributed by atoms with Crippen LogP contribution in [0.5, 0.6) is 0 Å². The van der Waals surface area contributed by atoms with Gasteiger partial charge in [-0.25, -0.2) is 4.79 Å². The van der Waals surface area contributed by atoms with E-state index in [0.29, 0.717) is 19.0 Å². The first-order valence-corrected chi connectivity index (χ1v) is 7.75. The van der Waals surface area contributed by atoms with Crippen molar-refractivity contribution in [2.75, 3.05) is 19.6 Å². The Morgan fingerprint density at radius 3 is 2.45 bits per heavy atom. The lowest BCUT2D eigenvalue weighted by molar-refractivity contribution is -0.131. The van der Waals surface area contributed by atoms with Crippen molar-refractivity contribution in [3.8, 4) is 9.85 Å². The van der Waals surface area contributed by atoms with Gasteiger partial charge in [0, 0.05) is 41.6 Å². The Balaban J connectivity index is 2.30. The fourth-order valence-electron chi connectivity index (χ4n) is 1.92. The van der Waals surface area contributed by atoms with Gasteiger partial charge in [0.2, 0.25) is 5.91 Å². The molecule has 0 unspecified atom stereocenters. The standard InChI is InChI=1S/C14H21IN2O3/c1-14(2,3)20-13(19)16-10-12(18)17-8-5-11(4-7-15)6-9-17/h11H,5-6,8-10H2,1-3H3,(H,16,19). The smallest absolute Gasteiger partial charge is 0.408 e. The Morgan fingerprint density at radius 2 is 1.95 bits per heavy atom. The highest BCUT2D eigenvalue weighted by molar-refractivity contribution is 14.1. The molecule has 2 amide bonds. The highest BCUT2D eigenvalue weighted by atomic mass is 127.